The van der Waals surface area contributed by atoms with E-state index in [0.717, 1.165) is 70.3 Å². The number of benzene rings is 5. The predicted molar refractivity (Wildman–Crippen MR) is 201 cm³/mol. The molecule has 5 aromatic carbocycles. The van der Waals surface area contributed by atoms with Crippen molar-refractivity contribution in [1.29, 1.82) is 0 Å². The molecule has 9 nitrogen and oxygen atoms in total. The van der Waals surface area contributed by atoms with Crippen LogP contribution in [0.4, 0.5) is 0 Å². The van der Waals surface area contributed by atoms with Gasteiger partial charge in [0.1, 0.15) is 22.6 Å². The third-order valence-corrected chi connectivity index (χ3v) is 10.5. The number of para-hydroxylation sites is 4. The number of fused-ring (bicyclic) bond motifs is 5. The number of furan rings is 1. The van der Waals surface area contributed by atoms with Crippen molar-refractivity contribution in [3.63, 3.8) is 0 Å². The number of thiophene rings is 1. The number of H-pyrrole nitrogens is 2. The fraction of sp³-hybridized carbons (Fsp3) is 0. The summed E-state index contributed by atoms with van der Waals surface area (Å²) in [5.74, 6) is 1.57. The van der Waals surface area contributed by atoms with Gasteiger partial charge in [0.25, 0.3) is 5.89 Å². The molecule has 0 spiro atoms. The summed E-state index contributed by atoms with van der Waals surface area (Å²) in [6.07, 6.45) is 1.64. The molecule has 10 heteroatoms. The summed E-state index contributed by atoms with van der Waals surface area (Å²) in [6.45, 7) is 0. The van der Waals surface area contributed by atoms with Gasteiger partial charge >= 0.3 is 0 Å². The van der Waals surface area contributed by atoms with Crippen molar-refractivity contribution >= 4 is 65.4 Å². The molecule has 0 aliphatic heterocycles. The van der Waals surface area contributed by atoms with E-state index in [-0.39, 0.29) is 0 Å². The first-order valence-corrected chi connectivity index (χ1v) is 17.2. The molecule has 11 aromatic rings. The van der Waals surface area contributed by atoms with E-state index >= 15 is 0 Å². The maximum atomic E-state index is 6.86. The minimum Gasteiger partial charge on any atom is -0.456 e. The van der Waals surface area contributed by atoms with Gasteiger partial charge < -0.3 is 18.8 Å². The first kappa shape index (κ1) is 28.0. The van der Waals surface area contributed by atoms with Crippen molar-refractivity contribution in [2.45, 2.75) is 0 Å². The van der Waals surface area contributed by atoms with Crippen LogP contribution in [0.3, 0.4) is 0 Å². The number of hydrogen-bond acceptors (Lipinski definition) is 8. The first-order chi connectivity index (χ1) is 25.2. The SMILES string of the molecule is c1ccc2[nH]c(-c3c(-c4cc5ccccc5o4)c(-c4cc5ccccc5s4)c4nc(-c5nc6ccccc6[nH]5)oc4c3-c3ccnnn3)cc2c1. The molecule has 51 heavy (non-hydrogen) atoms. The highest BCUT2D eigenvalue weighted by atomic mass is 32.1. The molecule has 0 saturated carbocycles. The molecule has 0 aliphatic rings. The fourth-order valence-corrected chi connectivity index (χ4v) is 8.20. The summed E-state index contributed by atoms with van der Waals surface area (Å²) in [6, 6.07) is 40.9. The molecule has 240 valence electrons. The van der Waals surface area contributed by atoms with E-state index in [0.29, 0.717) is 39.8 Å². The highest BCUT2D eigenvalue weighted by Gasteiger charge is 2.32. The van der Waals surface area contributed by atoms with Crippen LogP contribution >= 0.6 is 11.3 Å². The van der Waals surface area contributed by atoms with Crippen molar-refractivity contribution in [3.05, 3.63) is 128 Å². The molecular formula is C41H23N7O2S. The Labute approximate surface area is 292 Å². The number of nitrogens with one attached hydrogen (secondary N) is 2. The highest BCUT2D eigenvalue weighted by Crippen LogP contribution is 2.53. The van der Waals surface area contributed by atoms with Gasteiger partial charge in [0.05, 0.1) is 22.8 Å². The summed E-state index contributed by atoms with van der Waals surface area (Å²) < 4.78 is 14.8. The van der Waals surface area contributed by atoms with E-state index in [4.69, 9.17) is 18.8 Å². The Kier molecular flexibility index (Phi) is 5.92. The number of hydrogen-bond donors (Lipinski definition) is 2. The molecule has 6 heterocycles. The van der Waals surface area contributed by atoms with Gasteiger partial charge in [0.15, 0.2) is 11.4 Å². The second-order valence-electron chi connectivity index (χ2n) is 12.4. The molecule has 0 fully saturated rings. The Hall–Kier alpha value is -6.91. The Bertz CT molecular complexity index is 2980. The summed E-state index contributed by atoms with van der Waals surface area (Å²) in [7, 11) is 0. The van der Waals surface area contributed by atoms with E-state index in [1.165, 1.54) is 0 Å². The van der Waals surface area contributed by atoms with Crippen LogP contribution in [0.25, 0.3) is 110 Å². The van der Waals surface area contributed by atoms with Crippen LogP contribution in [-0.4, -0.2) is 35.3 Å². The summed E-state index contributed by atoms with van der Waals surface area (Å²) in [5.41, 5.74) is 9.44. The minimum absolute atomic E-state index is 0.358. The Balaban J connectivity index is 1.35. The van der Waals surface area contributed by atoms with Crippen LogP contribution in [0.5, 0.6) is 0 Å². The number of nitrogens with zero attached hydrogens (tertiary/aromatic N) is 5. The van der Waals surface area contributed by atoms with Gasteiger partial charge in [-0.2, -0.15) is 0 Å². The number of aromatic amines is 2. The van der Waals surface area contributed by atoms with Gasteiger partial charge in [0, 0.05) is 48.3 Å². The maximum Gasteiger partial charge on any atom is 0.264 e. The van der Waals surface area contributed by atoms with E-state index < -0.39 is 0 Å². The van der Waals surface area contributed by atoms with Crippen molar-refractivity contribution in [3.8, 4) is 56.0 Å². The molecule has 0 bridgehead atoms. The van der Waals surface area contributed by atoms with Crippen LogP contribution in [0.1, 0.15) is 0 Å². The lowest BCUT2D eigenvalue weighted by Crippen LogP contribution is -1.98. The van der Waals surface area contributed by atoms with Crippen molar-refractivity contribution < 1.29 is 8.83 Å². The zero-order valence-corrected chi connectivity index (χ0v) is 27.4. The summed E-state index contributed by atoms with van der Waals surface area (Å²) in [4.78, 5) is 18.3. The van der Waals surface area contributed by atoms with Crippen LogP contribution in [0.15, 0.2) is 136 Å². The molecule has 0 radical (unpaired) electrons. The summed E-state index contributed by atoms with van der Waals surface area (Å²) in [5, 5.41) is 15.8. The van der Waals surface area contributed by atoms with Gasteiger partial charge in [-0.05, 0) is 65.2 Å². The van der Waals surface area contributed by atoms with Crippen LogP contribution < -0.4 is 0 Å². The van der Waals surface area contributed by atoms with Gasteiger partial charge in [-0.25, -0.2) is 9.97 Å². The van der Waals surface area contributed by atoms with E-state index in [2.05, 4.69) is 86.0 Å². The van der Waals surface area contributed by atoms with Crippen LogP contribution in [0, 0.1) is 0 Å². The molecule has 6 aromatic heterocycles. The number of aromatic nitrogens is 7. The van der Waals surface area contributed by atoms with Crippen molar-refractivity contribution in [1.82, 2.24) is 35.3 Å². The van der Waals surface area contributed by atoms with Gasteiger partial charge in [-0.15, -0.1) is 21.5 Å². The third kappa shape index (κ3) is 4.37. The molecule has 0 aliphatic carbocycles. The number of oxazole rings is 1. The number of imidazole rings is 1. The predicted octanol–water partition coefficient (Wildman–Crippen LogP) is 10.7. The zero-order valence-electron chi connectivity index (χ0n) is 26.6. The highest BCUT2D eigenvalue weighted by molar-refractivity contribution is 7.22. The number of rotatable bonds is 5. The zero-order chi connectivity index (χ0) is 33.5. The van der Waals surface area contributed by atoms with E-state index in [1.54, 1.807) is 17.5 Å². The largest absolute Gasteiger partial charge is 0.456 e. The lowest BCUT2D eigenvalue weighted by Gasteiger charge is -2.17. The average molecular weight is 678 g/mol. The lowest BCUT2D eigenvalue weighted by atomic mass is 9.88. The third-order valence-electron chi connectivity index (χ3n) is 9.34. The van der Waals surface area contributed by atoms with Gasteiger partial charge in [-0.1, -0.05) is 66.7 Å². The van der Waals surface area contributed by atoms with Gasteiger partial charge in [0.2, 0.25) is 0 Å². The van der Waals surface area contributed by atoms with Crippen LogP contribution in [-0.2, 0) is 0 Å². The average Bonchev–Trinajstić information content (AvgIpc) is 4.01. The minimum atomic E-state index is 0.358. The fourth-order valence-electron chi connectivity index (χ4n) is 7.09. The van der Waals surface area contributed by atoms with E-state index in [9.17, 15) is 0 Å². The topological polar surface area (TPSA) is 122 Å². The van der Waals surface area contributed by atoms with Crippen molar-refractivity contribution in [2.24, 2.45) is 0 Å². The molecule has 0 amide bonds. The first-order valence-electron chi connectivity index (χ1n) is 16.4. The van der Waals surface area contributed by atoms with Crippen LogP contribution in [0.2, 0.25) is 0 Å². The smallest absolute Gasteiger partial charge is 0.264 e. The van der Waals surface area contributed by atoms with E-state index in [1.807, 2.05) is 60.7 Å². The molecular weight excluding hydrogens is 655 g/mol. The Morgan fingerprint density at radius 1 is 0.608 bits per heavy atom. The normalized spacial score (nSPS) is 11.9. The maximum absolute atomic E-state index is 6.86. The lowest BCUT2D eigenvalue weighted by molar-refractivity contribution is 0.615. The molecule has 0 atom stereocenters. The summed E-state index contributed by atoms with van der Waals surface area (Å²) >= 11 is 1.71. The standard InChI is InChI=1S/C41H23N7O2S/c1-4-12-25-22(9-1)19-29(43-25)34-35(28-17-18-42-48-47-28)39-38(46-41(50-39)40-44-26-13-5-6-14-27(26)45-40)37(33-21-24-11-3-8-16-32(24)51-33)36(34)31-20-23-10-2-7-15-30(23)49-31/h1-21,43H,(H,44,45). The molecule has 2 N–H and O–H groups in total. The molecule has 0 unspecified atom stereocenters. The Morgan fingerprint density at radius 3 is 2.24 bits per heavy atom. The van der Waals surface area contributed by atoms with Crippen molar-refractivity contribution in [2.75, 3.05) is 0 Å². The molecule has 0 saturated heterocycles. The Morgan fingerprint density at radius 2 is 1.41 bits per heavy atom. The monoisotopic (exact) mass is 677 g/mol. The second kappa shape index (κ2) is 10.8. The second-order valence-corrected chi connectivity index (χ2v) is 13.5. The molecule has 11 rings (SSSR count). The quantitative estimate of drug-likeness (QED) is 0.186. The van der Waals surface area contributed by atoms with Gasteiger partial charge in [-0.3, -0.25) is 0 Å².